The molecule has 1 rings (SSSR count). The Hall–Kier alpha value is -1.59. The molecule has 1 aromatic carbocycles. The smallest absolute Gasteiger partial charge is 0.268 e. The molecule has 0 bridgehead atoms. The van der Waals surface area contributed by atoms with Crippen molar-refractivity contribution in [1.82, 2.24) is 5.43 Å². The van der Waals surface area contributed by atoms with Gasteiger partial charge in [-0.25, -0.2) is 5.84 Å². The Kier molecular flexibility index (Phi) is 5.45. The molecule has 0 saturated carbocycles. The number of benzene rings is 1. The maximum absolute atomic E-state index is 11.4. The van der Waals surface area contributed by atoms with Gasteiger partial charge >= 0.3 is 0 Å². The topological polar surface area (TPSA) is 73.6 Å². The summed E-state index contributed by atoms with van der Waals surface area (Å²) in [4.78, 5) is 11.4. The number of hydrogen-bond acceptors (Lipinski definition) is 4. The van der Waals surface area contributed by atoms with Crippen LogP contribution in [-0.4, -0.2) is 25.2 Å². The molecule has 94 valence electrons. The van der Waals surface area contributed by atoms with Crippen molar-refractivity contribution in [1.29, 1.82) is 0 Å². The number of para-hydroxylation sites is 1. The van der Waals surface area contributed by atoms with Gasteiger partial charge in [0.1, 0.15) is 12.4 Å². The van der Waals surface area contributed by atoms with Crippen molar-refractivity contribution in [3.05, 3.63) is 29.8 Å². The molecule has 0 aromatic heterocycles. The predicted octanol–water partition coefficient (Wildman–Crippen LogP) is 1.09. The summed E-state index contributed by atoms with van der Waals surface area (Å²) in [7, 11) is 0. The van der Waals surface area contributed by atoms with Gasteiger partial charge in [-0.2, -0.15) is 0 Å². The van der Waals surface area contributed by atoms with Gasteiger partial charge in [0.15, 0.2) is 0 Å². The largest absolute Gasteiger partial charge is 0.490 e. The average molecular weight is 238 g/mol. The summed E-state index contributed by atoms with van der Waals surface area (Å²) in [5.74, 6) is 5.22. The number of amides is 1. The Labute approximate surface area is 101 Å². The molecule has 0 heterocycles. The molecule has 0 aliphatic heterocycles. The van der Waals surface area contributed by atoms with Crippen molar-refractivity contribution in [2.75, 3.05) is 13.2 Å². The minimum Gasteiger partial charge on any atom is -0.490 e. The molecular formula is C12H18N2O3. The highest BCUT2D eigenvalue weighted by atomic mass is 16.5. The SMILES string of the molecule is CC(C)OCCOc1ccccc1C(=O)NN. The van der Waals surface area contributed by atoms with Gasteiger partial charge in [-0.15, -0.1) is 0 Å². The molecular weight excluding hydrogens is 220 g/mol. The minimum absolute atomic E-state index is 0.168. The van der Waals surface area contributed by atoms with Gasteiger partial charge in [0, 0.05) is 0 Å². The third-order valence-electron chi connectivity index (χ3n) is 2.05. The molecule has 0 spiro atoms. The molecule has 0 atom stereocenters. The quantitative estimate of drug-likeness (QED) is 0.337. The third kappa shape index (κ3) is 4.42. The zero-order valence-electron chi connectivity index (χ0n) is 10.1. The lowest BCUT2D eigenvalue weighted by atomic mass is 10.2. The van der Waals surface area contributed by atoms with Crippen LogP contribution in [0.3, 0.4) is 0 Å². The zero-order chi connectivity index (χ0) is 12.7. The normalized spacial score (nSPS) is 10.4. The minimum atomic E-state index is -0.370. The number of hydrazine groups is 1. The van der Waals surface area contributed by atoms with E-state index >= 15 is 0 Å². The number of nitrogen functional groups attached to an aromatic ring is 1. The van der Waals surface area contributed by atoms with Crippen LogP contribution in [0.4, 0.5) is 0 Å². The summed E-state index contributed by atoms with van der Waals surface area (Å²) in [5.41, 5.74) is 2.50. The molecule has 0 saturated heterocycles. The first-order valence-corrected chi connectivity index (χ1v) is 5.49. The van der Waals surface area contributed by atoms with Crippen molar-refractivity contribution in [3.63, 3.8) is 0 Å². The fourth-order valence-corrected chi connectivity index (χ4v) is 1.29. The lowest BCUT2D eigenvalue weighted by molar-refractivity contribution is 0.0548. The van der Waals surface area contributed by atoms with Gasteiger partial charge in [-0.05, 0) is 26.0 Å². The van der Waals surface area contributed by atoms with Crippen molar-refractivity contribution in [3.8, 4) is 5.75 Å². The number of carbonyl (C=O) groups is 1. The molecule has 0 aliphatic carbocycles. The maximum atomic E-state index is 11.4. The molecule has 0 fully saturated rings. The number of nitrogens with two attached hydrogens (primary N) is 1. The standard InChI is InChI=1S/C12H18N2O3/c1-9(2)16-7-8-17-11-6-4-3-5-10(11)12(15)14-13/h3-6,9H,7-8,13H2,1-2H3,(H,14,15). The van der Waals surface area contributed by atoms with E-state index < -0.39 is 0 Å². The highest BCUT2D eigenvalue weighted by molar-refractivity contribution is 5.96. The summed E-state index contributed by atoms with van der Waals surface area (Å²) >= 11 is 0. The van der Waals surface area contributed by atoms with Gasteiger partial charge in [0.2, 0.25) is 0 Å². The number of nitrogens with one attached hydrogen (secondary N) is 1. The van der Waals surface area contributed by atoms with Crippen LogP contribution in [0.2, 0.25) is 0 Å². The van der Waals surface area contributed by atoms with Crippen LogP contribution < -0.4 is 16.0 Å². The van der Waals surface area contributed by atoms with Crippen molar-refractivity contribution in [2.45, 2.75) is 20.0 Å². The molecule has 5 heteroatoms. The van der Waals surface area contributed by atoms with Gasteiger partial charge in [0.05, 0.1) is 18.3 Å². The predicted molar refractivity (Wildman–Crippen MR) is 64.7 cm³/mol. The number of hydrogen-bond donors (Lipinski definition) is 2. The van der Waals surface area contributed by atoms with E-state index in [-0.39, 0.29) is 12.0 Å². The fourth-order valence-electron chi connectivity index (χ4n) is 1.29. The lowest BCUT2D eigenvalue weighted by Crippen LogP contribution is -2.30. The summed E-state index contributed by atoms with van der Waals surface area (Å²) < 4.78 is 10.8. The molecule has 1 amide bonds. The Balaban J connectivity index is 2.55. The van der Waals surface area contributed by atoms with E-state index in [0.29, 0.717) is 24.5 Å². The van der Waals surface area contributed by atoms with E-state index in [2.05, 4.69) is 5.43 Å². The highest BCUT2D eigenvalue weighted by Gasteiger charge is 2.10. The number of carbonyl (C=O) groups excluding carboxylic acids is 1. The van der Waals surface area contributed by atoms with Crippen LogP contribution in [-0.2, 0) is 4.74 Å². The Morgan fingerprint density at radius 1 is 1.35 bits per heavy atom. The van der Waals surface area contributed by atoms with E-state index in [1.807, 2.05) is 13.8 Å². The molecule has 0 unspecified atom stereocenters. The van der Waals surface area contributed by atoms with Crippen molar-refractivity contribution in [2.24, 2.45) is 5.84 Å². The van der Waals surface area contributed by atoms with Crippen LogP contribution >= 0.6 is 0 Å². The number of ether oxygens (including phenoxy) is 2. The molecule has 3 N–H and O–H groups in total. The first-order valence-electron chi connectivity index (χ1n) is 5.49. The molecule has 0 aliphatic rings. The van der Waals surface area contributed by atoms with E-state index in [0.717, 1.165) is 0 Å². The molecule has 5 nitrogen and oxygen atoms in total. The summed E-state index contributed by atoms with van der Waals surface area (Å²) in [6.07, 6.45) is 0.168. The van der Waals surface area contributed by atoms with Crippen LogP contribution in [0.5, 0.6) is 5.75 Å². The second kappa shape index (κ2) is 6.88. The summed E-state index contributed by atoms with van der Waals surface area (Å²) in [6, 6.07) is 6.93. The van der Waals surface area contributed by atoms with E-state index in [1.54, 1.807) is 24.3 Å². The van der Waals surface area contributed by atoms with Gasteiger partial charge in [0.25, 0.3) is 5.91 Å². The third-order valence-corrected chi connectivity index (χ3v) is 2.05. The number of rotatable bonds is 6. The van der Waals surface area contributed by atoms with Crippen molar-refractivity contribution >= 4 is 5.91 Å². The summed E-state index contributed by atoms with van der Waals surface area (Å²) in [6.45, 7) is 4.79. The highest BCUT2D eigenvalue weighted by Crippen LogP contribution is 2.17. The van der Waals surface area contributed by atoms with E-state index in [1.165, 1.54) is 0 Å². The molecule has 1 aromatic rings. The fraction of sp³-hybridized carbons (Fsp3) is 0.417. The molecule has 17 heavy (non-hydrogen) atoms. The van der Waals surface area contributed by atoms with Crippen LogP contribution in [0, 0.1) is 0 Å². The first-order chi connectivity index (χ1) is 8.15. The summed E-state index contributed by atoms with van der Waals surface area (Å²) in [5, 5.41) is 0. The first kappa shape index (κ1) is 13.5. The Morgan fingerprint density at radius 3 is 2.71 bits per heavy atom. The Bertz CT molecular complexity index is 367. The second-order valence-electron chi connectivity index (χ2n) is 3.74. The van der Waals surface area contributed by atoms with Crippen LogP contribution in [0.15, 0.2) is 24.3 Å². The zero-order valence-corrected chi connectivity index (χ0v) is 10.1. The van der Waals surface area contributed by atoms with Gasteiger partial charge < -0.3 is 9.47 Å². The van der Waals surface area contributed by atoms with Crippen LogP contribution in [0.1, 0.15) is 24.2 Å². The van der Waals surface area contributed by atoms with E-state index in [9.17, 15) is 4.79 Å². The molecule has 0 radical (unpaired) electrons. The van der Waals surface area contributed by atoms with Crippen molar-refractivity contribution < 1.29 is 14.3 Å². The maximum Gasteiger partial charge on any atom is 0.268 e. The Morgan fingerprint density at radius 2 is 2.06 bits per heavy atom. The monoisotopic (exact) mass is 238 g/mol. The average Bonchev–Trinajstić information content (AvgIpc) is 2.34. The van der Waals surface area contributed by atoms with E-state index in [4.69, 9.17) is 15.3 Å². The van der Waals surface area contributed by atoms with Gasteiger partial charge in [-0.1, -0.05) is 12.1 Å². The second-order valence-corrected chi connectivity index (χ2v) is 3.74. The lowest BCUT2D eigenvalue weighted by Gasteiger charge is -2.11. The van der Waals surface area contributed by atoms with Gasteiger partial charge in [-0.3, -0.25) is 10.2 Å². The van der Waals surface area contributed by atoms with Crippen LogP contribution in [0.25, 0.3) is 0 Å².